The largest absolute Gasteiger partial charge is 0.378 e. The van der Waals surface area contributed by atoms with Gasteiger partial charge in [-0.3, -0.25) is 9.59 Å². The van der Waals surface area contributed by atoms with Crippen molar-refractivity contribution in [2.45, 2.75) is 19.8 Å². The molecule has 3 rings (SSSR count). The van der Waals surface area contributed by atoms with Crippen LogP contribution >= 0.6 is 27.3 Å². The number of nitrogens with one attached hydrogen (secondary N) is 1. The van der Waals surface area contributed by atoms with Crippen LogP contribution in [0, 0.1) is 6.92 Å². The second-order valence-corrected chi connectivity index (χ2v) is 8.09. The summed E-state index contributed by atoms with van der Waals surface area (Å²) in [5.41, 5.74) is 1.87. The number of hydrogen-bond acceptors (Lipinski definition) is 5. The Bertz CT molecular complexity index is 785. The molecule has 1 aromatic heterocycles. The highest BCUT2D eigenvalue weighted by atomic mass is 79.9. The summed E-state index contributed by atoms with van der Waals surface area (Å²) in [6.45, 7) is 4.31. The number of carbonyl (C=O) groups excluding carboxylic acids is 2. The molecule has 2 aromatic rings. The summed E-state index contributed by atoms with van der Waals surface area (Å²) in [6, 6.07) is 7.89. The molecule has 1 saturated heterocycles. The average molecular weight is 438 g/mol. The van der Waals surface area contributed by atoms with Crippen molar-refractivity contribution in [2.24, 2.45) is 0 Å². The minimum atomic E-state index is -0.192. The molecule has 2 amide bonds. The lowest BCUT2D eigenvalue weighted by Crippen LogP contribution is -2.40. The number of ether oxygens (including phenoxy) is 1. The number of nitrogens with zero attached hydrogens (tertiary/aromatic N) is 2. The van der Waals surface area contributed by atoms with Crippen molar-refractivity contribution in [1.82, 2.24) is 9.88 Å². The Morgan fingerprint density at radius 3 is 2.62 bits per heavy atom. The van der Waals surface area contributed by atoms with E-state index in [0.29, 0.717) is 31.4 Å². The Morgan fingerprint density at radius 2 is 1.92 bits per heavy atom. The molecule has 1 N–H and O–H groups in total. The SMILES string of the molecule is Cc1sc(NC(=O)CCC(=O)N2CCOCC2)nc1-c1ccc(Br)cc1. The van der Waals surface area contributed by atoms with Crippen LogP contribution in [0.1, 0.15) is 17.7 Å². The zero-order valence-corrected chi connectivity index (χ0v) is 16.9. The third kappa shape index (κ3) is 4.90. The van der Waals surface area contributed by atoms with E-state index in [4.69, 9.17) is 4.74 Å². The highest BCUT2D eigenvalue weighted by Gasteiger charge is 2.18. The topological polar surface area (TPSA) is 71.5 Å². The second-order valence-electron chi connectivity index (χ2n) is 5.97. The van der Waals surface area contributed by atoms with E-state index < -0.39 is 0 Å². The van der Waals surface area contributed by atoms with E-state index >= 15 is 0 Å². The molecule has 1 aliphatic heterocycles. The molecule has 1 aliphatic rings. The van der Waals surface area contributed by atoms with Crippen LogP contribution in [0.25, 0.3) is 11.3 Å². The van der Waals surface area contributed by atoms with Crippen LogP contribution in [0.15, 0.2) is 28.7 Å². The van der Waals surface area contributed by atoms with E-state index in [1.165, 1.54) is 11.3 Å². The van der Waals surface area contributed by atoms with Gasteiger partial charge in [0.15, 0.2) is 5.13 Å². The molecule has 0 atom stereocenters. The number of carbonyl (C=O) groups is 2. The zero-order valence-electron chi connectivity index (χ0n) is 14.5. The normalized spacial score (nSPS) is 14.3. The number of morpholine rings is 1. The van der Waals surface area contributed by atoms with Crippen LogP contribution in [-0.2, 0) is 14.3 Å². The van der Waals surface area contributed by atoms with Crippen LogP contribution in [-0.4, -0.2) is 48.0 Å². The highest BCUT2D eigenvalue weighted by Crippen LogP contribution is 2.31. The van der Waals surface area contributed by atoms with Crippen LogP contribution in [0.5, 0.6) is 0 Å². The van der Waals surface area contributed by atoms with Gasteiger partial charge in [0.2, 0.25) is 11.8 Å². The lowest BCUT2D eigenvalue weighted by atomic mass is 10.1. The van der Waals surface area contributed by atoms with Crippen molar-refractivity contribution in [3.05, 3.63) is 33.6 Å². The van der Waals surface area contributed by atoms with Crippen LogP contribution < -0.4 is 5.32 Å². The van der Waals surface area contributed by atoms with E-state index in [2.05, 4.69) is 26.2 Å². The summed E-state index contributed by atoms with van der Waals surface area (Å²) in [4.78, 5) is 31.6. The van der Waals surface area contributed by atoms with Gasteiger partial charge in [-0.1, -0.05) is 28.1 Å². The fourth-order valence-electron chi connectivity index (χ4n) is 2.70. The van der Waals surface area contributed by atoms with Gasteiger partial charge in [0, 0.05) is 40.8 Å². The fourth-order valence-corrected chi connectivity index (χ4v) is 3.81. The third-order valence-corrected chi connectivity index (χ3v) is 5.51. The first-order chi connectivity index (χ1) is 12.5. The van der Waals surface area contributed by atoms with Crippen LogP contribution in [0.2, 0.25) is 0 Å². The molecule has 1 fully saturated rings. The number of benzene rings is 1. The summed E-state index contributed by atoms with van der Waals surface area (Å²) < 4.78 is 6.24. The maximum Gasteiger partial charge on any atom is 0.226 e. The van der Waals surface area contributed by atoms with Crippen molar-refractivity contribution in [3.63, 3.8) is 0 Å². The van der Waals surface area contributed by atoms with E-state index in [1.54, 1.807) is 4.90 Å². The summed E-state index contributed by atoms with van der Waals surface area (Å²) in [5, 5.41) is 3.37. The standard InChI is InChI=1S/C18H20BrN3O3S/c1-12-17(13-2-4-14(19)5-3-13)21-18(26-12)20-15(23)6-7-16(24)22-8-10-25-11-9-22/h2-5H,6-11H2,1H3,(H,20,21,23). The molecule has 0 saturated carbocycles. The monoisotopic (exact) mass is 437 g/mol. The van der Waals surface area contributed by atoms with Gasteiger partial charge < -0.3 is 15.0 Å². The lowest BCUT2D eigenvalue weighted by molar-refractivity contribution is -0.136. The zero-order chi connectivity index (χ0) is 18.5. The van der Waals surface area contributed by atoms with Gasteiger partial charge in [-0.2, -0.15) is 0 Å². The Kier molecular flexibility index (Phi) is 6.39. The molecular weight excluding hydrogens is 418 g/mol. The van der Waals surface area contributed by atoms with E-state index in [-0.39, 0.29) is 24.7 Å². The number of anilines is 1. The van der Waals surface area contributed by atoms with Crippen molar-refractivity contribution in [1.29, 1.82) is 0 Å². The van der Waals surface area contributed by atoms with E-state index in [1.807, 2.05) is 31.2 Å². The minimum Gasteiger partial charge on any atom is -0.378 e. The molecule has 26 heavy (non-hydrogen) atoms. The average Bonchev–Trinajstić information content (AvgIpc) is 3.01. The Balaban J connectivity index is 1.55. The van der Waals surface area contributed by atoms with E-state index in [9.17, 15) is 9.59 Å². The summed E-state index contributed by atoms with van der Waals surface area (Å²) in [7, 11) is 0. The van der Waals surface area contributed by atoms with Gasteiger partial charge >= 0.3 is 0 Å². The number of rotatable bonds is 5. The summed E-state index contributed by atoms with van der Waals surface area (Å²) >= 11 is 4.86. The van der Waals surface area contributed by atoms with Crippen LogP contribution in [0.3, 0.4) is 0 Å². The molecule has 0 spiro atoms. The molecule has 2 heterocycles. The van der Waals surface area contributed by atoms with Crippen molar-refractivity contribution in [3.8, 4) is 11.3 Å². The first kappa shape index (κ1) is 19.0. The Hall–Kier alpha value is -1.77. The quantitative estimate of drug-likeness (QED) is 0.776. The van der Waals surface area contributed by atoms with Crippen LogP contribution in [0.4, 0.5) is 5.13 Å². The fraction of sp³-hybridized carbons (Fsp3) is 0.389. The highest BCUT2D eigenvalue weighted by molar-refractivity contribution is 9.10. The predicted molar refractivity (Wildman–Crippen MR) is 105 cm³/mol. The molecule has 138 valence electrons. The first-order valence-corrected chi connectivity index (χ1v) is 10.0. The van der Waals surface area contributed by atoms with Crippen molar-refractivity contribution < 1.29 is 14.3 Å². The van der Waals surface area contributed by atoms with Gasteiger partial charge in [-0.25, -0.2) is 4.98 Å². The number of aromatic nitrogens is 1. The number of hydrogen-bond donors (Lipinski definition) is 1. The molecule has 8 heteroatoms. The number of halogens is 1. The molecule has 1 aromatic carbocycles. The minimum absolute atomic E-state index is 0.00526. The molecule has 6 nitrogen and oxygen atoms in total. The van der Waals surface area contributed by atoms with Gasteiger partial charge in [-0.15, -0.1) is 11.3 Å². The van der Waals surface area contributed by atoms with Gasteiger partial charge in [0.25, 0.3) is 0 Å². The van der Waals surface area contributed by atoms with Gasteiger partial charge in [-0.05, 0) is 19.1 Å². The van der Waals surface area contributed by atoms with Gasteiger partial charge in [0.05, 0.1) is 18.9 Å². The van der Waals surface area contributed by atoms with Crippen molar-refractivity contribution >= 4 is 44.2 Å². The lowest BCUT2D eigenvalue weighted by Gasteiger charge is -2.26. The Morgan fingerprint density at radius 1 is 1.23 bits per heavy atom. The smallest absolute Gasteiger partial charge is 0.226 e. The van der Waals surface area contributed by atoms with Crippen molar-refractivity contribution in [2.75, 3.05) is 31.6 Å². The first-order valence-electron chi connectivity index (χ1n) is 8.41. The predicted octanol–water partition coefficient (Wildman–Crippen LogP) is 3.46. The molecule has 0 unspecified atom stereocenters. The molecule has 0 bridgehead atoms. The summed E-state index contributed by atoms with van der Waals surface area (Å²) in [6.07, 6.45) is 0.359. The second kappa shape index (κ2) is 8.75. The maximum atomic E-state index is 12.2. The molecule has 0 radical (unpaired) electrons. The maximum absolute atomic E-state index is 12.2. The van der Waals surface area contributed by atoms with E-state index in [0.717, 1.165) is 20.6 Å². The summed E-state index contributed by atoms with van der Waals surface area (Å²) in [5.74, 6) is -0.197. The van der Waals surface area contributed by atoms with Gasteiger partial charge in [0.1, 0.15) is 0 Å². The number of amides is 2. The molecular formula is C18H20BrN3O3S. The number of aryl methyl sites for hydroxylation is 1. The Labute approximate surface area is 164 Å². The third-order valence-electron chi connectivity index (χ3n) is 4.09. The molecule has 0 aliphatic carbocycles. The number of thiazole rings is 1.